The highest BCUT2D eigenvalue weighted by Gasteiger charge is 2.21. The highest BCUT2D eigenvalue weighted by atomic mass is 32.1. The van der Waals surface area contributed by atoms with Crippen LogP contribution in [0.4, 0.5) is 0 Å². The van der Waals surface area contributed by atoms with E-state index in [0.717, 1.165) is 22.1 Å². The first-order valence-electron chi connectivity index (χ1n) is 6.18. The van der Waals surface area contributed by atoms with Gasteiger partial charge >= 0.3 is 0 Å². The van der Waals surface area contributed by atoms with Gasteiger partial charge in [0, 0.05) is 30.4 Å². The van der Waals surface area contributed by atoms with E-state index in [1.165, 1.54) is 0 Å². The molecule has 0 spiro atoms. The molecule has 0 amide bonds. The zero-order valence-electron chi connectivity index (χ0n) is 11.3. The van der Waals surface area contributed by atoms with Crippen LogP contribution < -0.4 is 5.73 Å². The van der Waals surface area contributed by atoms with Gasteiger partial charge in [-0.1, -0.05) is 13.8 Å². The van der Waals surface area contributed by atoms with Gasteiger partial charge in [0.25, 0.3) is 0 Å². The summed E-state index contributed by atoms with van der Waals surface area (Å²) in [6.07, 6.45) is 0. The Bertz CT molecular complexity index is 527. The highest BCUT2D eigenvalue weighted by molar-refractivity contribution is 7.09. The first-order valence-corrected chi connectivity index (χ1v) is 7.06. The van der Waals surface area contributed by atoms with E-state index in [4.69, 9.17) is 5.73 Å². The molecule has 18 heavy (non-hydrogen) atoms. The van der Waals surface area contributed by atoms with Gasteiger partial charge in [-0.05, 0) is 18.9 Å². The minimum absolute atomic E-state index is 0.147. The Morgan fingerprint density at radius 3 is 2.61 bits per heavy atom. The van der Waals surface area contributed by atoms with E-state index in [0.29, 0.717) is 12.5 Å². The summed E-state index contributed by atoms with van der Waals surface area (Å²) in [4.78, 5) is 4.55. The Morgan fingerprint density at radius 2 is 2.17 bits per heavy atom. The molecule has 0 fully saturated rings. The smallest absolute Gasteiger partial charge is 0.103 e. The second-order valence-electron chi connectivity index (χ2n) is 4.89. The van der Waals surface area contributed by atoms with Gasteiger partial charge in [-0.3, -0.25) is 4.68 Å². The van der Waals surface area contributed by atoms with Crippen LogP contribution >= 0.6 is 11.3 Å². The molecule has 0 aliphatic heterocycles. The molecule has 1 atom stereocenters. The van der Waals surface area contributed by atoms with Crippen molar-refractivity contribution in [3.8, 4) is 0 Å². The molecule has 2 rings (SSSR count). The quantitative estimate of drug-likeness (QED) is 0.922. The van der Waals surface area contributed by atoms with E-state index in [1.807, 2.05) is 18.7 Å². The maximum absolute atomic E-state index is 5.93. The van der Waals surface area contributed by atoms with Crippen LogP contribution in [0.1, 0.15) is 47.8 Å². The van der Waals surface area contributed by atoms with Crippen molar-refractivity contribution < 1.29 is 0 Å². The molecule has 0 aliphatic rings. The Hall–Kier alpha value is -1.20. The molecule has 0 saturated carbocycles. The summed E-state index contributed by atoms with van der Waals surface area (Å²) in [5, 5.41) is 7.69. The van der Waals surface area contributed by atoms with Gasteiger partial charge in [0.2, 0.25) is 0 Å². The summed E-state index contributed by atoms with van der Waals surface area (Å²) >= 11 is 1.67. The minimum Gasteiger partial charge on any atom is -0.329 e. The van der Waals surface area contributed by atoms with Crippen LogP contribution in [0.15, 0.2) is 11.4 Å². The van der Waals surface area contributed by atoms with Gasteiger partial charge in [0.15, 0.2) is 0 Å². The van der Waals surface area contributed by atoms with E-state index in [2.05, 4.69) is 35.4 Å². The summed E-state index contributed by atoms with van der Waals surface area (Å²) in [6.45, 7) is 6.87. The second kappa shape index (κ2) is 5.20. The average molecular weight is 264 g/mol. The molecular weight excluding hydrogens is 244 g/mol. The molecule has 5 heteroatoms. The third-order valence-electron chi connectivity index (χ3n) is 3.05. The van der Waals surface area contributed by atoms with Crippen molar-refractivity contribution >= 4 is 11.3 Å². The fraction of sp³-hybridized carbons (Fsp3) is 0.538. The fourth-order valence-electron chi connectivity index (χ4n) is 1.99. The number of hydrogen-bond acceptors (Lipinski definition) is 4. The van der Waals surface area contributed by atoms with E-state index in [9.17, 15) is 0 Å². The minimum atomic E-state index is 0.147. The predicted molar refractivity (Wildman–Crippen MR) is 75.0 cm³/mol. The number of nitrogens with two attached hydrogens (primary N) is 1. The zero-order chi connectivity index (χ0) is 13.3. The van der Waals surface area contributed by atoms with E-state index in [-0.39, 0.29) is 5.92 Å². The molecule has 0 bridgehead atoms. The zero-order valence-corrected chi connectivity index (χ0v) is 12.2. The Balaban J connectivity index is 2.38. The SMILES string of the molecule is Cc1csc(C(CN)c2cc(C(C)C)nn2C)n1. The van der Waals surface area contributed by atoms with E-state index in [1.54, 1.807) is 11.3 Å². The number of aromatic nitrogens is 3. The molecular formula is C13H20N4S. The van der Waals surface area contributed by atoms with Crippen LogP contribution in [0.2, 0.25) is 0 Å². The molecule has 0 aromatic carbocycles. The molecule has 0 radical (unpaired) electrons. The number of aryl methyl sites for hydroxylation is 2. The lowest BCUT2D eigenvalue weighted by Crippen LogP contribution is -2.16. The third kappa shape index (κ3) is 2.47. The monoisotopic (exact) mass is 264 g/mol. The molecule has 2 aromatic rings. The van der Waals surface area contributed by atoms with Crippen LogP contribution in [0, 0.1) is 6.92 Å². The Morgan fingerprint density at radius 1 is 1.44 bits per heavy atom. The molecule has 0 saturated heterocycles. The van der Waals surface area contributed by atoms with Crippen LogP contribution in [0.5, 0.6) is 0 Å². The topological polar surface area (TPSA) is 56.7 Å². The number of thiazole rings is 1. The lowest BCUT2D eigenvalue weighted by atomic mass is 10.0. The Labute approximate surface area is 112 Å². The van der Waals surface area contributed by atoms with Crippen molar-refractivity contribution in [2.75, 3.05) is 6.54 Å². The fourth-order valence-corrected chi connectivity index (χ4v) is 2.92. The van der Waals surface area contributed by atoms with Gasteiger partial charge in [-0.15, -0.1) is 11.3 Å². The van der Waals surface area contributed by atoms with Crippen LogP contribution in [0.25, 0.3) is 0 Å². The molecule has 98 valence electrons. The molecule has 4 nitrogen and oxygen atoms in total. The maximum atomic E-state index is 5.93. The summed E-state index contributed by atoms with van der Waals surface area (Å²) in [6, 6.07) is 2.15. The van der Waals surface area contributed by atoms with Gasteiger partial charge in [0.05, 0.1) is 11.6 Å². The molecule has 0 aliphatic carbocycles. The van der Waals surface area contributed by atoms with Crippen molar-refractivity contribution in [2.45, 2.75) is 32.6 Å². The van der Waals surface area contributed by atoms with Gasteiger partial charge in [-0.25, -0.2) is 4.98 Å². The first-order chi connectivity index (χ1) is 8.52. The van der Waals surface area contributed by atoms with Crippen LogP contribution in [-0.4, -0.2) is 21.3 Å². The first kappa shape index (κ1) is 13.2. The summed E-state index contributed by atoms with van der Waals surface area (Å²) in [7, 11) is 1.98. The largest absolute Gasteiger partial charge is 0.329 e. The third-order valence-corrected chi connectivity index (χ3v) is 4.13. The molecule has 1 unspecified atom stereocenters. The van der Waals surface area contributed by atoms with Gasteiger partial charge in [0.1, 0.15) is 5.01 Å². The van der Waals surface area contributed by atoms with Crippen molar-refractivity contribution in [3.05, 3.63) is 33.5 Å². The second-order valence-corrected chi connectivity index (χ2v) is 5.78. The van der Waals surface area contributed by atoms with Crippen molar-refractivity contribution in [1.82, 2.24) is 14.8 Å². The summed E-state index contributed by atoms with van der Waals surface area (Å²) < 4.78 is 1.93. The van der Waals surface area contributed by atoms with Crippen LogP contribution in [-0.2, 0) is 7.05 Å². The van der Waals surface area contributed by atoms with Gasteiger partial charge < -0.3 is 5.73 Å². The lowest BCUT2D eigenvalue weighted by Gasteiger charge is -2.11. The average Bonchev–Trinajstić information content (AvgIpc) is 2.88. The molecule has 2 N–H and O–H groups in total. The van der Waals surface area contributed by atoms with Crippen molar-refractivity contribution in [3.63, 3.8) is 0 Å². The highest BCUT2D eigenvalue weighted by Crippen LogP contribution is 2.28. The molecule has 2 aromatic heterocycles. The van der Waals surface area contributed by atoms with E-state index >= 15 is 0 Å². The van der Waals surface area contributed by atoms with Crippen molar-refractivity contribution in [2.24, 2.45) is 12.8 Å². The lowest BCUT2D eigenvalue weighted by molar-refractivity contribution is 0.647. The number of hydrogen-bond donors (Lipinski definition) is 1. The van der Waals surface area contributed by atoms with Gasteiger partial charge in [-0.2, -0.15) is 5.10 Å². The normalized spacial score (nSPS) is 13.2. The van der Waals surface area contributed by atoms with Crippen molar-refractivity contribution in [1.29, 1.82) is 0 Å². The predicted octanol–water partition coefficient (Wildman–Crippen LogP) is 2.40. The number of nitrogens with zero attached hydrogens (tertiary/aromatic N) is 3. The molecule has 2 heterocycles. The number of rotatable bonds is 4. The van der Waals surface area contributed by atoms with E-state index < -0.39 is 0 Å². The van der Waals surface area contributed by atoms with Crippen LogP contribution in [0.3, 0.4) is 0 Å². The summed E-state index contributed by atoms with van der Waals surface area (Å²) in [5.41, 5.74) is 9.24. The standard InChI is InChI=1S/C13H20N4S/c1-8(2)11-5-12(17(4)16-11)10(6-14)13-15-9(3)7-18-13/h5,7-8,10H,6,14H2,1-4H3. The Kier molecular flexibility index (Phi) is 3.82. The summed E-state index contributed by atoms with van der Waals surface area (Å²) in [5.74, 6) is 0.579. The maximum Gasteiger partial charge on any atom is 0.103 e.